The number of phenols is 1. The third-order valence-corrected chi connectivity index (χ3v) is 4.14. The van der Waals surface area contributed by atoms with Gasteiger partial charge in [-0.2, -0.15) is 0 Å². The molecule has 0 saturated carbocycles. The molecule has 0 bridgehead atoms. The molecule has 0 atom stereocenters. The molecule has 0 radical (unpaired) electrons. The summed E-state index contributed by atoms with van der Waals surface area (Å²) < 4.78 is 36.7. The Morgan fingerprint density at radius 2 is 1.48 bits per heavy atom. The first-order chi connectivity index (χ1) is 15.0. The molecule has 31 heavy (non-hydrogen) atoms. The molecule has 0 amide bonds. The fourth-order valence-electron chi connectivity index (χ4n) is 2.81. The van der Waals surface area contributed by atoms with Crippen molar-refractivity contribution in [1.82, 2.24) is 0 Å². The molecule has 3 aromatic rings. The molecular weight excluding hydrogens is 412 g/mol. The van der Waals surface area contributed by atoms with Crippen LogP contribution >= 0.6 is 0 Å². The monoisotopic (exact) mass is 434 g/mol. The van der Waals surface area contributed by atoms with Gasteiger partial charge in [0, 0.05) is 39.5 Å². The molecule has 2 N–H and O–H groups in total. The van der Waals surface area contributed by atoms with Gasteiger partial charge in [0.15, 0.2) is 26.1 Å². The number of methoxy groups -OCH3 is 3. The highest BCUT2D eigenvalue weighted by molar-refractivity contribution is 5.88. The minimum atomic E-state index is -0.815. The zero-order valence-electron chi connectivity index (χ0n) is 17.2. The molecule has 166 valence electrons. The fraction of sp³-hybridized carbons (Fsp3) is 0.286. The number of fused-ring (bicyclic) bond motifs is 1. The molecule has 3 rings (SSSR count). The van der Waals surface area contributed by atoms with Crippen LogP contribution in [0.15, 0.2) is 39.5 Å². The molecular formula is C21H22O10. The average Bonchev–Trinajstić information content (AvgIpc) is 2.77. The molecule has 0 aliphatic carbocycles. The van der Waals surface area contributed by atoms with E-state index in [1.807, 2.05) is 0 Å². The SMILES string of the molecule is COCOc1ccc(-c2oc3cc(OCOC)cc(O)c3c(=O)c2O)c(OCOC)c1. The Bertz CT molecular complexity index is 1110. The summed E-state index contributed by atoms with van der Waals surface area (Å²) in [6.45, 7) is -0.157. The van der Waals surface area contributed by atoms with Crippen molar-refractivity contribution in [3.8, 4) is 40.1 Å². The van der Waals surface area contributed by atoms with E-state index >= 15 is 0 Å². The van der Waals surface area contributed by atoms with Crippen LogP contribution in [0.4, 0.5) is 0 Å². The number of phenolic OH excluding ortho intramolecular Hbond substituents is 1. The molecule has 10 heteroatoms. The summed E-state index contributed by atoms with van der Waals surface area (Å²) in [6, 6.07) is 7.31. The van der Waals surface area contributed by atoms with Gasteiger partial charge in [-0.3, -0.25) is 4.79 Å². The maximum atomic E-state index is 12.8. The van der Waals surface area contributed by atoms with Gasteiger partial charge in [0.25, 0.3) is 0 Å². The predicted octanol–water partition coefficient (Wildman–Crippen LogP) is 2.82. The lowest BCUT2D eigenvalue weighted by Crippen LogP contribution is -2.06. The Kier molecular flexibility index (Phi) is 7.19. The first-order valence-corrected chi connectivity index (χ1v) is 9.02. The van der Waals surface area contributed by atoms with Crippen LogP contribution in [0.1, 0.15) is 0 Å². The molecule has 0 aliphatic heterocycles. The molecule has 1 aromatic heterocycles. The Morgan fingerprint density at radius 3 is 2.16 bits per heavy atom. The number of hydrogen-bond acceptors (Lipinski definition) is 10. The lowest BCUT2D eigenvalue weighted by molar-refractivity contribution is 0.0462. The van der Waals surface area contributed by atoms with Gasteiger partial charge >= 0.3 is 0 Å². The van der Waals surface area contributed by atoms with E-state index in [0.717, 1.165) is 0 Å². The molecule has 0 unspecified atom stereocenters. The third kappa shape index (κ3) is 4.82. The van der Waals surface area contributed by atoms with Crippen molar-refractivity contribution in [3.05, 3.63) is 40.6 Å². The van der Waals surface area contributed by atoms with E-state index in [-0.39, 0.29) is 54.2 Å². The van der Waals surface area contributed by atoms with E-state index in [1.165, 1.54) is 39.5 Å². The zero-order valence-corrected chi connectivity index (χ0v) is 17.2. The van der Waals surface area contributed by atoms with E-state index in [2.05, 4.69) is 0 Å². The predicted molar refractivity (Wildman–Crippen MR) is 109 cm³/mol. The van der Waals surface area contributed by atoms with Crippen molar-refractivity contribution < 1.29 is 43.1 Å². The van der Waals surface area contributed by atoms with Gasteiger partial charge < -0.3 is 43.1 Å². The van der Waals surface area contributed by atoms with Crippen LogP contribution in [-0.2, 0) is 14.2 Å². The summed E-state index contributed by atoms with van der Waals surface area (Å²) >= 11 is 0. The van der Waals surface area contributed by atoms with Crippen molar-refractivity contribution in [2.75, 3.05) is 41.7 Å². The Morgan fingerprint density at radius 1 is 0.839 bits per heavy atom. The number of benzene rings is 2. The first-order valence-electron chi connectivity index (χ1n) is 9.02. The highest BCUT2D eigenvalue weighted by Gasteiger charge is 2.22. The third-order valence-electron chi connectivity index (χ3n) is 4.14. The van der Waals surface area contributed by atoms with Gasteiger partial charge in [-0.15, -0.1) is 0 Å². The summed E-state index contributed by atoms with van der Waals surface area (Å²) in [5.41, 5.74) is -0.549. The van der Waals surface area contributed by atoms with E-state index in [0.29, 0.717) is 5.75 Å². The molecule has 2 aromatic carbocycles. The van der Waals surface area contributed by atoms with Gasteiger partial charge in [-0.1, -0.05) is 0 Å². The van der Waals surface area contributed by atoms with Crippen LogP contribution in [0.25, 0.3) is 22.3 Å². The molecule has 0 saturated heterocycles. The summed E-state index contributed by atoms with van der Waals surface area (Å²) in [5, 5.41) is 20.6. The van der Waals surface area contributed by atoms with E-state index in [9.17, 15) is 15.0 Å². The van der Waals surface area contributed by atoms with Crippen LogP contribution in [0, 0.1) is 0 Å². The summed E-state index contributed by atoms with van der Waals surface area (Å²) in [5.74, 6) is -0.396. The second-order valence-electron chi connectivity index (χ2n) is 6.24. The number of rotatable bonds is 10. The minimum Gasteiger partial charge on any atom is -0.507 e. The van der Waals surface area contributed by atoms with Gasteiger partial charge in [0.1, 0.15) is 34.0 Å². The van der Waals surface area contributed by atoms with Crippen LogP contribution in [0.5, 0.6) is 28.7 Å². The van der Waals surface area contributed by atoms with Gasteiger partial charge in [0.05, 0.1) is 5.56 Å². The summed E-state index contributed by atoms with van der Waals surface area (Å²) in [4.78, 5) is 12.8. The van der Waals surface area contributed by atoms with Crippen LogP contribution in [0.2, 0.25) is 0 Å². The van der Waals surface area contributed by atoms with Crippen molar-refractivity contribution in [3.63, 3.8) is 0 Å². The largest absolute Gasteiger partial charge is 0.507 e. The molecule has 1 heterocycles. The zero-order chi connectivity index (χ0) is 22.4. The standard InChI is InChI=1S/C21H22O10/c1-25-9-28-12-4-5-14(16(7-12)30-11-27-3)21-20(24)19(23)18-15(22)6-13(29-10-26-2)8-17(18)31-21/h4-8,22,24H,9-11H2,1-3H3. The van der Waals surface area contributed by atoms with Crippen molar-refractivity contribution >= 4 is 11.0 Å². The minimum absolute atomic E-state index is 0.00121. The fourth-order valence-corrected chi connectivity index (χ4v) is 2.81. The summed E-state index contributed by atoms with van der Waals surface area (Å²) in [6.07, 6.45) is 0. The van der Waals surface area contributed by atoms with Gasteiger partial charge in [-0.25, -0.2) is 0 Å². The lowest BCUT2D eigenvalue weighted by Gasteiger charge is -2.14. The Hall–Kier alpha value is -3.47. The molecule has 0 aliphatic rings. The molecule has 0 fully saturated rings. The molecule has 10 nitrogen and oxygen atoms in total. The maximum absolute atomic E-state index is 12.8. The van der Waals surface area contributed by atoms with E-state index in [1.54, 1.807) is 12.1 Å². The average molecular weight is 434 g/mol. The van der Waals surface area contributed by atoms with Crippen LogP contribution < -0.4 is 19.6 Å². The quantitative estimate of drug-likeness (QED) is 0.460. The van der Waals surface area contributed by atoms with Crippen molar-refractivity contribution in [1.29, 1.82) is 0 Å². The second-order valence-corrected chi connectivity index (χ2v) is 6.24. The second kappa shape index (κ2) is 10.0. The van der Waals surface area contributed by atoms with Crippen LogP contribution in [-0.4, -0.2) is 51.9 Å². The Labute approximate surface area is 177 Å². The normalized spacial score (nSPS) is 10.9. The highest BCUT2D eigenvalue weighted by atomic mass is 16.7. The Balaban J connectivity index is 2.16. The maximum Gasteiger partial charge on any atom is 0.238 e. The van der Waals surface area contributed by atoms with Gasteiger partial charge in [0.2, 0.25) is 11.2 Å². The summed E-state index contributed by atoms with van der Waals surface area (Å²) in [7, 11) is 4.38. The van der Waals surface area contributed by atoms with Gasteiger partial charge in [-0.05, 0) is 12.1 Å². The van der Waals surface area contributed by atoms with E-state index < -0.39 is 16.9 Å². The number of ether oxygens (including phenoxy) is 6. The number of hydrogen-bond donors (Lipinski definition) is 2. The lowest BCUT2D eigenvalue weighted by atomic mass is 10.1. The van der Waals surface area contributed by atoms with Crippen molar-refractivity contribution in [2.45, 2.75) is 0 Å². The highest BCUT2D eigenvalue weighted by Crippen LogP contribution is 2.40. The topological polar surface area (TPSA) is 126 Å². The molecule has 0 spiro atoms. The van der Waals surface area contributed by atoms with Crippen molar-refractivity contribution in [2.24, 2.45) is 0 Å². The van der Waals surface area contributed by atoms with E-state index in [4.69, 9.17) is 32.8 Å². The van der Waals surface area contributed by atoms with Crippen LogP contribution in [0.3, 0.4) is 0 Å². The first kappa shape index (κ1) is 22.2. The smallest absolute Gasteiger partial charge is 0.238 e. The number of aromatic hydroxyl groups is 2.